The first-order chi connectivity index (χ1) is 7.00. The topological polar surface area (TPSA) is 49.3 Å². The molecule has 0 heterocycles. The van der Waals surface area contributed by atoms with Crippen LogP contribution in [0.4, 0.5) is 18.9 Å². The fourth-order valence-electron chi connectivity index (χ4n) is 1.22. The number of hydrogen-bond acceptors (Lipinski definition) is 2. The van der Waals surface area contributed by atoms with Crippen LogP contribution in [0.2, 0.25) is 0 Å². The summed E-state index contributed by atoms with van der Waals surface area (Å²) < 4.78 is 37.3. The number of carbonyl (C=O) groups is 1. The maximum absolute atomic E-state index is 12.4. The second kappa shape index (κ2) is 4.31. The van der Waals surface area contributed by atoms with Crippen molar-refractivity contribution in [3.8, 4) is 0 Å². The molecular formula is C9H8F3NO2. The summed E-state index contributed by atoms with van der Waals surface area (Å²) in [6.45, 7) is -0.786. The predicted octanol–water partition coefficient (Wildman–Crippen LogP) is 1.77. The Labute approximate surface area is 83.5 Å². The third-order valence-corrected chi connectivity index (χ3v) is 1.85. The summed E-state index contributed by atoms with van der Waals surface area (Å²) in [5, 5.41) is 10.9. The van der Waals surface area contributed by atoms with Gasteiger partial charge in [0.05, 0.1) is 12.2 Å². The Balaban J connectivity index is 3.28. The van der Waals surface area contributed by atoms with Crippen LogP contribution in [0.25, 0.3) is 0 Å². The van der Waals surface area contributed by atoms with E-state index in [-0.39, 0.29) is 17.7 Å². The third kappa shape index (κ3) is 2.47. The summed E-state index contributed by atoms with van der Waals surface area (Å²) >= 11 is 0. The maximum Gasteiger partial charge on any atom is 0.416 e. The lowest BCUT2D eigenvalue weighted by Gasteiger charge is -2.14. The highest BCUT2D eigenvalue weighted by Crippen LogP contribution is 2.34. The molecule has 0 aromatic heterocycles. The number of anilines is 1. The number of alkyl halides is 3. The first-order valence-corrected chi connectivity index (χ1v) is 4.01. The Bertz CT molecular complexity index is 363. The minimum atomic E-state index is -4.54. The highest BCUT2D eigenvalue weighted by Gasteiger charge is 2.33. The summed E-state index contributed by atoms with van der Waals surface area (Å²) in [6, 6.07) is 3.30. The van der Waals surface area contributed by atoms with Crippen molar-refractivity contribution in [2.24, 2.45) is 0 Å². The molecule has 1 aromatic rings. The van der Waals surface area contributed by atoms with Crippen LogP contribution in [0.15, 0.2) is 18.2 Å². The molecule has 1 rings (SSSR count). The number of halogens is 3. The molecule has 0 aliphatic carbocycles. The number of benzene rings is 1. The molecule has 0 unspecified atom stereocenters. The van der Waals surface area contributed by atoms with E-state index in [2.05, 4.69) is 5.32 Å². The SMILES string of the molecule is O=CNc1cccc(C(F)(F)F)c1CO. The molecule has 0 spiro atoms. The van der Waals surface area contributed by atoms with E-state index >= 15 is 0 Å². The van der Waals surface area contributed by atoms with E-state index in [1.54, 1.807) is 0 Å². The van der Waals surface area contributed by atoms with Crippen molar-refractivity contribution in [2.75, 3.05) is 5.32 Å². The van der Waals surface area contributed by atoms with E-state index < -0.39 is 18.3 Å². The molecular weight excluding hydrogens is 211 g/mol. The van der Waals surface area contributed by atoms with E-state index in [1.165, 1.54) is 6.07 Å². The predicted molar refractivity (Wildman–Crippen MR) is 47.1 cm³/mol. The highest BCUT2D eigenvalue weighted by atomic mass is 19.4. The van der Waals surface area contributed by atoms with Crippen molar-refractivity contribution < 1.29 is 23.1 Å². The zero-order valence-corrected chi connectivity index (χ0v) is 7.51. The monoisotopic (exact) mass is 219 g/mol. The van der Waals surface area contributed by atoms with Crippen molar-refractivity contribution in [1.29, 1.82) is 0 Å². The van der Waals surface area contributed by atoms with Crippen LogP contribution in [0.3, 0.4) is 0 Å². The van der Waals surface area contributed by atoms with E-state index in [4.69, 9.17) is 5.11 Å². The zero-order valence-electron chi connectivity index (χ0n) is 7.51. The lowest BCUT2D eigenvalue weighted by molar-refractivity contribution is -0.138. The maximum atomic E-state index is 12.4. The Morgan fingerprint density at radius 2 is 2.07 bits per heavy atom. The second-order valence-corrected chi connectivity index (χ2v) is 2.75. The lowest BCUT2D eigenvalue weighted by atomic mass is 10.1. The van der Waals surface area contributed by atoms with Crippen LogP contribution in [0, 0.1) is 0 Å². The van der Waals surface area contributed by atoms with Gasteiger partial charge in [0.25, 0.3) is 0 Å². The second-order valence-electron chi connectivity index (χ2n) is 2.75. The van der Waals surface area contributed by atoms with Crippen LogP contribution in [0.1, 0.15) is 11.1 Å². The number of carbonyl (C=O) groups excluding carboxylic acids is 1. The van der Waals surface area contributed by atoms with Gasteiger partial charge in [-0.15, -0.1) is 0 Å². The largest absolute Gasteiger partial charge is 0.416 e. The van der Waals surface area contributed by atoms with Crippen LogP contribution < -0.4 is 5.32 Å². The average Bonchev–Trinajstić information content (AvgIpc) is 2.16. The van der Waals surface area contributed by atoms with Gasteiger partial charge in [-0.25, -0.2) is 0 Å². The third-order valence-electron chi connectivity index (χ3n) is 1.85. The number of rotatable bonds is 3. The van der Waals surface area contributed by atoms with Crippen molar-refractivity contribution in [3.05, 3.63) is 29.3 Å². The van der Waals surface area contributed by atoms with Crippen molar-refractivity contribution in [3.63, 3.8) is 0 Å². The Morgan fingerprint density at radius 1 is 1.40 bits per heavy atom. The normalized spacial score (nSPS) is 11.2. The molecule has 1 amide bonds. The molecule has 15 heavy (non-hydrogen) atoms. The zero-order chi connectivity index (χ0) is 11.5. The van der Waals surface area contributed by atoms with Gasteiger partial charge in [0.1, 0.15) is 0 Å². The van der Waals surface area contributed by atoms with Gasteiger partial charge in [-0.1, -0.05) is 6.07 Å². The van der Waals surface area contributed by atoms with Crippen molar-refractivity contribution >= 4 is 12.1 Å². The van der Waals surface area contributed by atoms with Gasteiger partial charge in [0.2, 0.25) is 6.41 Å². The molecule has 0 atom stereocenters. The number of nitrogens with one attached hydrogen (secondary N) is 1. The van der Waals surface area contributed by atoms with Crippen molar-refractivity contribution in [2.45, 2.75) is 12.8 Å². The molecule has 0 aliphatic heterocycles. The van der Waals surface area contributed by atoms with Crippen LogP contribution in [-0.2, 0) is 17.6 Å². The Morgan fingerprint density at radius 3 is 2.53 bits per heavy atom. The van der Waals surface area contributed by atoms with Crippen LogP contribution in [0.5, 0.6) is 0 Å². The first-order valence-electron chi connectivity index (χ1n) is 4.01. The van der Waals surface area contributed by atoms with Gasteiger partial charge >= 0.3 is 6.18 Å². The van der Waals surface area contributed by atoms with Gasteiger partial charge < -0.3 is 10.4 Å². The average molecular weight is 219 g/mol. The minimum absolute atomic E-state index is 0.0395. The number of amides is 1. The number of aliphatic hydroxyl groups excluding tert-OH is 1. The molecule has 6 heteroatoms. The fraction of sp³-hybridized carbons (Fsp3) is 0.222. The molecule has 0 aliphatic rings. The molecule has 0 bridgehead atoms. The Kier molecular flexibility index (Phi) is 3.31. The minimum Gasteiger partial charge on any atom is -0.392 e. The summed E-state index contributed by atoms with van der Waals surface area (Å²) in [5.74, 6) is 0. The molecule has 0 fully saturated rings. The summed E-state index contributed by atoms with van der Waals surface area (Å²) in [5.41, 5.74) is -1.32. The molecule has 2 N–H and O–H groups in total. The molecule has 1 aromatic carbocycles. The quantitative estimate of drug-likeness (QED) is 0.761. The van der Waals surface area contributed by atoms with Gasteiger partial charge in [0, 0.05) is 11.3 Å². The molecule has 3 nitrogen and oxygen atoms in total. The van der Waals surface area contributed by atoms with E-state index in [0.717, 1.165) is 12.1 Å². The summed E-state index contributed by atoms with van der Waals surface area (Å²) in [4.78, 5) is 10.1. The molecule has 0 radical (unpaired) electrons. The molecule has 0 saturated heterocycles. The number of hydrogen-bond donors (Lipinski definition) is 2. The standard InChI is InChI=1S/C9H8F3NO2/c10-9(11,12)7-2-1-3-8(13-5-15)6(7)4-14/h1-3,5,14H,4H2,(H,13,15). The van der Waals surface area contributed by atoms with Crippen LogP contribution >= 0.6 is 0 Å². The van der Waals surface area contributed by atoms with Crippen molar-refractivity contribution in [1.82, 2.24) is 0 Å². The fourth-order valence-corrected chi connectivity index (χ4v) is 1.22. The Hall–Kier alpha value is -1.56. The van der Waals surface area contributed by atoms with Crippen LogP contribution in [-0.4, -0.2) is 11.5 Å². The first kappa shape index (κ1) is 11.5. The smallest absolute Gasteiger partial charge is 0.392 e. The molecule has 0 saturated carbocycles. The summed E-state index contributed by atoms with van der Waals surface area (Å²) in [7, 11) is 0. The lowest BCUT2D eigenvalue weighted by Crippen LogP contribution is -2.11. The highest BCUT2D eigenvalue weighted by molar-refractivity contribution is 5.74. The van der Waals surface area contributed by atoms with Gasteiger partial charge in [-0.3, -0.25) is 4.79 Å². The van der Waals surface area contributed by atoms with Gasteiger partial charge in [0.15, 0.2) is 0 Å². The van der Waals surface area contributed by atoms with Gasteiger partial charge in [-0.2, -0.15) is 13.2 Å². The van der Waals surface area contributed by atoms with E-state index in [0.29, 0.717) is 0 Å². The van der Waals surface area contributed by atoms with Gasteiger partial charge in [-0.05, 0) is 12.1 Å². The number of aliphatic hydroxyl groups is 1. The summed E-state index contributed by atoms with van der Waals surface area (Å²) in [6.07, 6.45) is -4.28. The molecule has 82 valence electrons. The van der Waals surface area contributed by atoms with E-state index in [9.17, 15) is 18.0 Å². The van der Waals surface area contributed by atoms with E-state index in [1.807, 2.05) is 0 Å².